The molecule has 0 aliphatic carbocycles. The Morgan fingerprint density at radius 1 is 1.40 bits per heavy atom. The maximum Gasteiger partial charge on any atom is 0.149 e. The molecule has 0 fully saturated rings. The molecule has 4 heteroatoms. The van der Waals surface area contributed by atoms with Crippen LogP contribution in [0.1, 0.15) is 11.3 Å². The normalized spacial score (nSPS) is 10.2. The quantitative estimate of drug-likeness (QED) is 0.834. The van der Waals surface area contributed by atoms with E-state index in [9.17, 15) is 0 Å². The zero-order valence-corrected chi connectivity index (χ0v) is 9.34. The second-order valence-electron chi connectivity index (χ2n) is 3.38. The fraction of sp³-hybridized carbons (Fsp3) is 0.182. The summed E-state index contributed by atoms with van der Waals surface area (Å²) in [5.41, 5.74) is 8.72. The Labute approximate surface area is 93.0 Å². The van der Waals surface area contributed by atoms with Gasteiger partial charge in [0.1, 0.15) is 5.82 Å². The second-order valence-corrected chi connectivity index (χ2v) is 4.16. The Balaban J connectivity index is 2.07. The van der Waals surface area contributed by atoms with Gasteiger partial charge in [-0.25, -0.2) is 4.98 Å². The van der Waals surface area contributed by atoms with Gasteiger partial charge in [-0.2, -0.15) is 11.3 Å². The first-order valence-electron chi connectivity index (χ1n) is 4.74. The summed E-state index contributed by atoms with van der Waals surface area (Å²) in [6.45, 7) is 2.72. The fourth-order valence-electron chi connectivity index (χ4n) is 1.29. The van der Waals surface area contributed by atoms with E-state index in [4.69, 9.17) is 5.73 Å². The van der Waals surface area contributed by atoms with E-state index in [2.05, 4.69) is 27.1 Å². The maximum absolute atomic E-state index is 5.81. The van der Waals surface area contributed by atoms with Crippen LogP contribution < -0.4 is 11.1 Å². The largest absolute Gasteiger partial charge is 0.396 e. The fourth-order valence-corrected chi connectivity index (χ4v) is 1.96. The van der Waals surface area contributed by atoms with Gasteiger partial charge in [-0.1, -0.05) is 0 Å². The Morgan fingerprint density at radius 3 is 3.00 bits per heavy atom. The van der Waals surface area contributed by atoms with Gasteiger partial charge in [-0.05, 0) is 41.4 Å². The topological polar surface area (TPSA) is 50.9 Å². The first-order valence-corrected chi connectivity index (χ1v) is 5.68. The minimum atomic E-state index is 0.691. The van der Waals surface area contributed by atoms with E-state index in [0.29, 0.717) is 5.69 Å². The molecule has 0 saturated heterocycles. The number of aromatic nitrogens is 1. The first kappa shape index (κ1) is 9.98. The number of rotatable bonds is 3. The molecule has 78 valence electrons. The van der Waals surface area contributed by atoms with Crippen LogP contribution >= 0.6 is 11.3 Å². The highest BCUT2D eigenvalue weighted by Gasteiger charge is 2.00. The molecule has 0 saturated carbocycles. The zero-order valence-electron chi connectivity index (χ0n) is 8.53. The summed E-state index contributed by atoms with van der Waals surface area (Å²) in [6, 6.07) is 5.87. The Bertz CT molecular complexity index is 437. The molecule has 0 aliphatic rings. The van der Waals surface area contributed by atoms with Gasteiger partial charge in [-0.3, -0.25) is 0 Å². The van der Waals surface area contributed by atoms with Crippen LogP contribution in [0.25, 0.3) is 0 Å². The summed E-state index contributed by atoms with van der Waals surface area (Å²) >= 11 is 1.69. The third kappa shape index (κ3) is 2.47. The highest BCUT2D eigenvalue weighted by molar-refractivity contribution is 7.07. The number of hydrogen-bond acceptors (Lipinski definition) is 4. The van der Waals surface area contributed by atoms with Crippen LogP contribution in [0, 0.1) is 6.92 Å². The molecule has 0 amide bonds. The molecule has 0 unspecified atom stereocenters. The number of nitrogens with two attached hydrogens (primary N) is 1. The molecule has 2 aromatic rings. The lowest BCUT2D eigenvalue weighted by molar-refractivity contribution is 1.10. The summed E-state index contributed by atoms with van der Waals surface area (Å²) in [6.07, 6.45) is 0. The van der Waals surface area contributed by atoms with Gasteiger partial charge in [0, 0.05) is 12.2 Å². The van der Waals surface area contributed by atoms with Gasteiger partial charge in [0.05, 0.1) is 5.69 Å². The predicted molar refractivity (Wildman–Crippen MR) is 65.0 cm³/mol. The Morgan fingerprint density at radius 2 is 2.27 bits per heavy atom. The molecule has 0 spiro atoms. The number of anilines is 2. The van der Waals surface area contributed by atoms with Crippen molar-refractivity contribution >= 4 is 22.8 Å². The van der Waals surface area contributed by atoms with E-state index in [0.717, 1.165) is 18.1 Å². The molecule has 3 N–H and O–H groups in total. The standard InChI is InChI=1S/C11H13N3S/c1-8-2-3-10(12)11(14-8)13-6-9-4-5-15-7-9/h2-5,7H,6,12H2,1H3,(H,13,14). The van der Waals surface area contributed by atoms with Gasteiger partial charge in [-0.15, -0.1) is 0 Å². The number of hydrogen-bond donors (Lipinski definition) is 2. The van der Waals surface area contributed by atoms with E-state index in [1.54, 1.807) is 11.3 Å². The minimum absolute atomic E-state index is 0.691. The average molecular weight is 219 g/mol. The molecule has 3 nitrogen and oxygen atoms in total. The van der Waals surface area contributed by atoms with E-state index >= 15 is 0 Å². The van der Waals surface area contributed by atoms with Crippen molar-refractivity contribution in [3.05, 3.63) is 40.2 Å². The summed E-state index contributed by atoms with van der Waals surface area (Å²) in [5.74, 6) is 0.765. The van der Waals surface area contributed by atoms with Crippen molar-refractivity contribution in [2.75, 3.05) is 11.1 Å². The molecule has 0 aliphatic heterocycles. The number of thiophene rings is 1. The number of nitrogens with zero attached hydrogens (tertiary/aromatic N) is 1. The number of pyridine rings is 1. The molecule has 0 atom stereocenters. The van der Waals surface area contributed by atoms with Crippen molar-refractivity contribution < 1.29 is 0 Å². The molecule has 0 bridgehead atoms. The van der Waals surface area contributed by atoms with Crippen LogP contribution in [0.3, 0.4) is 0 Å². The smallest absolute Gasteiger partial charge is 0.149 e. The first-order chi connectivity index (χ1) is 7.25. The van der Waals surface area contributed by atoms with Crippen molar-refractivity contribution in [1.82, 2.24) is 4.98 Å². The van der Waals surface area contributed by atoms with Crippen LogP contribution in [0.5, 0.6) is 0 Å². The van der Waals surface area contributed by atoms with Crippen LogP contribution in [0.4, 0.5) is 11.5 Å². The highest BCUT2D eigenvalue weighted by Crippen LogP contribution is 2.16. The van der Waals surface area contributed by atoms with E-state index in [1.807, 2.05) is 19.1 Å². The number of aryl methyl sites for hydroxylation is 1. The summed E-state index contributed by atoms with van der Waals surface area (Å²) in [4.78, 5) is 4.34. The summed E-state index contributed by atoms with van der Waals surface area (Å²) in [7, 11) is 0. The van der Waals surface area contributed by atoms with E-state index < -0.39 is 0 Å². The van der Waals surface area contributed by atoms with Gasteiger partial charge in [0.15, 0.2) is 0 Å². The SMILES string of the molecule is Cc1ccc(N)c(NCc2ccsc2)n1. The zero-order chi connectivity index (χ0) is 10.7. The molecular weight excluding hydrogens is 206 g/mol. The third-order valence-corrected chi connectivity index (χ3v) is 2.84. The van der Waals surface area contributed by atoms with Crippen LogP contribution in [-0.2, 0) is 6.54 Å². The maximum atomic E-state index is 5.81. The molecule has 0 radical (unpaired) electrons. The highest BCUT2D eigenvalue weighted by atomic mass is 32.1. The monoisotopic (exact) mass is 219 g/mol. The van der Waals surface area contributed by atoms with Crippen LogP contribution in [0.15, 0.2) is 29.0 Å². The van der Waals surface area contributed by atoms with E-state index in [-0.39, 0.29) is 0 Å². The van der Waals surface area contributed by atoms with Crippen molar-refractivity contribution in [2.24, 2.45) is 0 Å². The lowest BCUT2D eigenvalue weighted by Crippen LogP contribution is -2.04. The Hall–Kier alpha value is -1.55. The van der Waals surface area contributed by atoms with Crippen molar-refractivity contribution in [3.63, 3.8) is 0 Å². The molecule has 2 heterocycles. The molecular formula is C11H13N3S. The molecule has 2 aromatic heterocycles. The number of nitrogens with one attached hydrogen (secondary N) is 1. The van der Waals surface area contributed by atoms with Crippen LogP contribution in [0.2, 0.25) is 0 Å². The van der Waals surface area contributed by atoms with Crippen molar-refractivity contribution in [1.29, 1.82) is 0 Å². The molecule has 2 rings (SSSR count). The van der Waals surface area contributed by atoms with Gasteiger partial charge in [0.25, 0.3) is 0 Å². The lowest BCUT2D eigenvalue weighted by atomic mass is 10.3. The average Bonchev–Trinajstić information content (AvgIpc) is 2.72. The Kier molecular flexibility index (Phi) is 2.87. The molecule has 15 heavy (non-hydrogen) atoms. The van der Waals surface area contributed by atoms with Crippen LogP contribution in [-0.4, -0.2) is 4.98 Å². The summed E-state index contributed by atoms with van der Waals surface area (Å²) < 4.78 is 0. The van der Waals surface area contributed by atoms with Crippen molar-refractivity contribution in [3.8, 4) is 0 Å². The predicted octanol–water partition coefficient (Wildman–Crippen LogP) is 2.65. The number of nitrogen functional groups attached to an aromatic ring is 1. The minimum Gasteiger partial charge on any atom is -0.396 e. The van der Waals surface area contributed by atoms with Gasteiger partial charge < -0.3 is 11.1 Å². The third-order valence-electron chi connectivity index (χ3n) is 2.11. The lowest BCUT2D eigenvalue weighted by Gasteiger charge is -2.07. The van der Waals surface area contributed by atoms with E-state index in [1.165, 1.54) is 5.56 Å². The molecule has 0 aromatic carbocycles. The van der Waals surface area contributed by atoms with Crippen molar-refractivity contribution in [2.45, 2.75) is 13.5 Å². The second kappa shape index (κ2) is 4.31. The van der Waals surface area contributed by atoms with Gasteiger partial charge in [0.2, 0.25) is 0 Å². The van der Waals surface area contributed by atoms with Gasteiger partial charge >= 0.3 is 0 Å². The summed E-state index contributed by atoms with van der Waals surface area (Å²) in [5, 5.41) is 7.40.